The molecule has 0 spiro atoms. The summed E-state index contributed by atoms with van der Waals surface area (Å²) in [5.74, 6) is -1.70. The summed E-state index contributed by atoms with van der Waals surface area (Å²) in [5, 5.41) is 21.0. The van der Waals surface area contributed by atoms with Crippen LogP contribution in [0.4, 0.5) is 5.69 Å². The first-order valence-corrected chi connectivity index (χ1v) is 10.2. The number of nitrogens with zero attached hydrogens (tertiary/aromatic N) is 1. The number of hydrogen-bond donors (Lipinski definition) is 2. The summed E-state index contributed by atoms with van der Waals surface area (Å²) in [5.41, 5.74) is 1.38. The third kappa shape index (κ3) is 3.68. The minimum atomic E-state index is -0.913. The predicted octanol–water partition coefficient (Wildman–Crippen LogP) is 4.79. The Balaban J connectivity index is 1.98. The van der Waals surface area contributed by atoms with Crippen LogP contribution in [-0.4, -0.2) is 29.0 Å². The molecule has 1 heterocycles. The van der Waals surface area contributed by atoms with E-state index in [-0.39, 0.29) is 22.8 Å². The number of anilines is 1. The normalized spacial score (nSPS) is 17.7. The molecule has 1 fully saturated rings. The minimum Gasteiger partial charge on any atom is -0.507 e. The molecule has 3 aromatic carbocycles. The molecule has 1 unspecified atom stereocenters. The van der Waals surface area contributed by atoms with Gasteiger partial charge in [-0.25, -0.2) is 0 Å². The van der Waals surface area contributed by atoms with Gasteiger partial charge in [-0.3, -0.25) is 14.5 Å². The van der Waals surface area contributed by atoms with E-state index in [0.717, 1.165) is 4.47 Å². The number of ketones is 1. The summed E-state index contributed by atoms with van der Waals surface area (Å²) in [4.78, 5) is 27.5. The van der Waals surface area contributed by atoms with Crippen LogP contribution in [0.3, 0.4) is 0 Å². The van der Waals surface area contributed by atoms with Gasteiger partial charge in [0.15, 0.2) is 11.5 Å². The fraction of sp³-hybridized carbons (Fsp3) is 0.0833. The topological polar surface area (TPSA) is 87.1 Å². The SMILES string of the molecule is COc1cc(C2C(=C(O)c3ccccc3)C(=O)C(=O)N2c2cccc(Br)c2)ccc1O. The highest BCUT2D eigenvalue weighted by atomic mass is 79.9. The van der Waals surface area contributed by atoms with Crippen molar-refractivity contribution in [2.45, 2.75) is 6.04 Å². The summed E-state index contributed by atoms with van der Waals surface area (Å²) >= 11 is 3.40. The maximum atomic E-state index is 13.1. The van der Waals surface area contributed by atoms with E-state index >= 15 is 0 Å². The maximum Gasteiger partial charge on any atom is 0.300 e. The van der Waals surface area contributed by atoms with Crippen molar-refractivity contribution < 1.29 is 24.5 Å². The maximum absolute atomic E-state index is 13.1. The summed E-state index contributed by atoms with van der Waals surface area (Å²) < 4.78 is 5.95. The van der Waals surface area contributed by atoms with Crippen LogP contribution in [0, 0.1) is 0 Å². The Morgan fingerprint density at radius 3 is 2.42 bits per heavy atom. The number of phenolic OH excluding ortho intramolecular Hbond substituents is 1. The van der Waals surface area contributed by atoms with Crippen molar-refractivity contribution in [3.05, 3.63) is 94.0 Å². The number of amides is 1. The van der Waals surface area contributed by atoms with Crippen LogP contribution in [0.5, 0.6) is 11.5 Å². The lowest BCUT2D eigenvalue weighted by Crippen LogP contribution is -2.29. The second-order valence-corrected chi connectivity index (χ2v) is 7.86. The third-order valence-corrected chi connectivity index (χ3v) is 5.59. The Hall–Kier alpha value is -3.58. The molecule has 7 heteroatoms. The molecule has 1 aliphatic rings. The van der Waals surface area contributed by atoms with Crippen molar-refractivity contribution >= 4 is 39.1 Å². The van der Waals surface area contributed by atoms with Crippen LogP contribution in [0.2, 0.25) is 0 Å². The lowest BCUT2D eigenvalue weighted by Gasteiger charge is -2.26. The summed E-state index contributed by atoms with van der Waals surface area (Å²) in [6.45, 7) is 0. The standard InChI is InChI=1S/C24H18BrNO5/c1-31-19-12-15(10-11-18(19)27)21-20(22(28)14-6-3-2-4-7-14)23(29)24(30)26(21)17-9-5-8-16(25)13-17/h2-13,21,27-28H,1H3. The number of Topliss-reactive ketones (excluding diaryl/α,β-unsaturated/α-hetero) is 1. The highest BCUT2D eigenvalue weighted by molar-refractivity contribution is 9.10. The van der Waals surface area contributed by atoms with Crippen molar-refractivity contribution in [1.82, 2.24) is 0 Å². The number of benzene rings is 3. The van der Waals surface area contributed by atoms with E-state index in [0.29, 0.717) is 16.8 Å². The van der Waals surface area contributed by atoms with Crippen molar-refractivity contribution in [1.29, 1.82) is 0 Å². The van der Waals surface area contributed by atoms with Gasteiger partial charge in [0.2, 0.25) is 0 Å². The molecule has 2 N–H and O–H groups in total. The third-order valence-electron chi connectivity index (χ3n) is 5.10. The molecule has 4 rings (SSSR count). The number of carbonyl (C=O) groups is 2. The van der Waals surface area contributed by atoms with E-state index in [2.05, 4.69) is 15.9 Å². The van der Waals surface area contributed by atoms with Crippen molar-refractivity contribution in [3.63, 3.8) is 0 Å². The van der Waals surface area contributed by atoms with E-state index < -0.39 is 17.7 Å². The van der Waals surface area contributed by atoms with E-state index in [1.165, 1.54) is 18.1 Å². The van der Waals surface area contributed by atoms with E-state index in [1.54, 1.807) is 60.7 Å². The number of methoxy groups -OCH3 is 1. The van der Waals surface area contributed by atoms with Crippen LogP contribution < -0.4 is 9.64 Å². The van der Waals surface area contributed by atoms with Crippen LogP contribution in [-0.2, 0) is 9.59 Å². The first-order valence-electron chi connectivity index (χ1n) is 9.41. The Bertz CT molecular complexity index is 1210. The Kier molecular flexibility index (Phi) is 5.52. The average Bonchev–Trinajstić information content (AvgIpc) is 3.05. The van der Waals surface area contributed by atoms with Gasteiger partial charge in [0.05, 0.1) is 18.7 Å². The van der Waals surface area contributed by atoms with Gasteiger partial charge in [-0.05, 0) is 35.9 Å². The Labute approximate surface area is 187 Å². The monoisotopic (exact) mass is 479 g/mol. The van der Waals surface area contributed by atoms with Crippen molar-refractivity contribution in [3.8, 4) is 11.5 Å². The fourth-order valence-electron chi connectivity index (χ4n) is 3.66. The molecule has 6 nitrogen and oxygen atoms in total. The van der Waals surface area contributed by atoms with Crippen LogP contribution in [0.1, 0.15) is 17.2 Å². The molecule has 156 valence electrons. The Morgan fingerprint density at radius 2 is 1.74 bits per heavy atom. The molecular formula is C24H18BrNO5. The highest BCUT2D eigenvalue weighted by Crippen LogP contribution is 2.44. The van der Waals surface area contributed by atoms with Gasteiger partial charge >= 0.3 is 0 Å². The van der Waals surface area contributed by atoms with Gasteiger partial charge in [-0.1, -0.05) is 58.4 Å². The zero-order chi connectivity index (χ0) is 22.1. The van der Waals surface area contributed by atoms with Crippen LogP contribution >= 0.6 is 15.9 Å². The zero-order valence-corrected chi connectivity index (χ0v) is 18.0. The highest BCUT2D eigenvalue weighted by Gasteiger charge is 2.47. The van der Waals surface area contributed by atoms with E-state index in [4.69, 9.17) is 4.74 Å². The number of rotatable bonds is 4. The number of hydrogen-bond acceptors (Lipinski definition) is 5. The van der Waals surface area contributed by atoms with Crippen molar-refractivity contribution in [2.24, 2.45) is 0 Å². The summed E-state index contributed by atoms with van der Waals surface area (Å²) in [6.07, 6.45) is 0. The van der Waals surface area contributed by atoms with Crippen LogP contribution in [0.25, 0.3) is 5.76 Å². The largest absolute Gasteiger partial charge is 0.507 e. The smallest absolute Gasteiger partial charge is 0.300 e. The van der Waals surface area contributed by atoms with Gasteiger partial charge in [0.25, 0.3) is 11.7 Å². The second kappa shape index (κ2) is 8.28. The number of ether oxygens (including phenoxy) is 1. The Morgan fingerprint density at radius 1 is 1.00 bits per heavy atom. The molecule has 1 atom stereocenters. The lowest BCUT2D eigenvalue weighted by atomic mass is 9.95. The number of aliphatic hydroxyl groups excluding tert-OH is 1. The lowest BCUT2D eigenvalue weighted by molar-refractivity contribution is -0.132. The summed E-state index contributed by atoms with van der Waals surface area (Å²) in [6, 6.07) is 19.2. The quantitative estimate of drug-likeness (QED) is 0.319. The predicted molar refractivity (Wildman–Crippen MR) is 120 cm³/mol. The number of phenols is 1. The number of halogens is 1. The van der Waals surface area contributed by atoms with Gasteiger partial charge in [-0.15, -0.1) is 0 Å². The van der Waals surface area contributed by atoms with Crippen molar-refractivity contribution in [2.75, 3.05) is 12.0 Å². The molecule has 1 saturated heterocycles. The molecule has 0 bridgehead atoms. The number of aliphatic hydroxyl groups is 1. The molecular weight excluding hydrogens is 462 g/mol. The molecule has 0 saturated carbocycles. The molecule has 0 radical (unpaired) electrons. The summed E-state index contributed by atoms with van der Waals surface area (Å²) in [7, 11) is 1.41. The number of aromatic hydroxyl groups is 1. The van der Waals surface area contributed by atoms with E-state index in [1.807, 2.05) is 6.07 Å². The van der Waals surface area contributed by atoms with Crippen LogP contribution in [0.15, 0.2) is 82.8 Å². The van der Waals surface area contributed by atoms with Gasteiger partial charge in [0.1, 0.15) is 5.76 Å². The first kappa shape index (κ1) is 20.7. The number of carbonyl (C=O) groups excluding carboxylic acids is 2. The molecule has 1 amide bonds. The molecule has 3 aromatic rings. The first-order chi connectivity index (χ1) is 14.9. The van der Waals surface area contributed by atoms with Gasteiger partial charge in [0, 0.05) is 15.7 Å². The molecule has 0 aromatic heterocycles. The second-order valence-electron chi connectivity index (χ2n) is 6.95. The molecule has 0 aliphatic carbocycles. The zero-order valence-electron chi connectivity index (χ0n) is 16.4. The molecule has 31 heavy (non-hydrogen) atoms. The average molecular weight is 480 g/mol. The molecule has 1 aliphatic heterocycles. The van der Waals surface area contributed by atoms with Gasteiger partial charge in [-0.2, -0.15) is 0 Å². The fourth-order valence-corrected chi connectivity index (χ4v) is 4.04. The van der Waals surface area contributed by atoms with Gasteiger partial charge < -0.3 is 14.9 Å². The van der Waals surface area contributed by atoms with E-state index in [9.17, 15) is 19.8 Å². The minimum absolute atomic E-state index is 0.0380.